The minimum absolute atomic E-state index is 1.54. The molecule has 0 amide bonds. The maximum Gasteiger partial charge on any atom is 0.434 e. The highest BCUT2D eigenvalue weighted by atomic mass is 19.4. The Kier molecular flexibility index (Phi) is 5.30. The Hall–Kier alpha value is -1.02. The molecule has 2 atom stereocenters. The first-order valence-electron chi connectivity index (χ1n) is 4.51. The standard InChI is InChI=1S/C7H2F14O/c8-1(4(12,13)14)3(11,6(17,18)19)7(20,21)22-5(15,16)2(9)10/h1-2H. The molecule has 15 heteroatoms. The van der Waals surface area contributed by atoms with Crippen LogP contribution in [0.25, 0.3) is 0 Å². The third-order valence-electron chi connectivity index (χ3n) is 1.99. The average molecular weight is 368 g/mol. The quantitative estimate of drug-likeness (QED) is 0.644. The highest BCUT2D eigenvalue weighted by Gasteiger charge is 2.83. The zero-order chi connectivity index (χ0) is 18.4. The van der Waals surface area contributed by atoms with Gasteiger partial charge in [0.15, 0.2) is 0 Å². The van der Waals surface area contributed by atoms with Crippen LogP contribution in [-0.4, -0.2) is 42.8 Å². The van der Waals surface area contributed by atoms with Crippen LogP contribution in [0.5, 0.6) is 0 Å². The summed E-state index contributed by atoms with van der Waals surface area (Å²) in [4.78, 5) is 0. The summed E-state index contributed by atoms with van der Waals surface area (Å²) in [5.41, 5.74) is -7.39. The molecule has 0 radical (unpaired) electrons. The van der Waals surface area contributed by atoms with Gasteiger partial charge in [-0.3, -0.25) is 0 Å². The van der Waals surface area contributed by atoms with Gasteiger partial charge in [-0.25, -0.2) is 22.3 Å². The second-order valence-corrected chi connectivity index (χ2v) is 3.60. The fourth-order valence-electron chi connectivity index (χ4n) is 0.971. The van der Waals surface area contributed by atoms with E-state index in [1.165, 1.54) is 0 Å². The molecule has 2 unspecified atom stereocenters. The van der Waals surface area contributed by atoms with Gasteiger partial charge in [0.2, 0.25) is 6.17 Å². The summed E-state index contributed by atoms with van der Waals surface area (Å²) in [6, 6.07) is 0. The van der Waals surface area contributed by atoms with Gasteiger partial charge in [-0.2, -0.15) is 43.9 Å². The Morgan fingerprint density at radius 2 is 1.00 bits per heavy atom. The van der Waals surface area contributed by atoms with Crippen molar-refractivity contribution in [3.63, 3.8) is 0 Å². The first-order chi connectivity index (χ1) is 9.31. The van der Waals surface area contributed by atoms with Crippen molar-refractivity contribution in [3.05, 3.63) is 0 Å². The van der Waals surface area contributed by atoms with E-state index in [4.69, 9.17) is 0 Å². The molecule has 0 spiro atoms. The molecule has 22 heavy (non-hydrogen) atoms. The van der Waals surface area contributed by atoms with E-state index >= 15 is 0 Å². The van der Waals surface area contributed by atoms with E-state index < -0.39 is 42.8 Å². The van der Waals surface area contributed by atoms with Gasteiger partial charge in [0, 0.05) is 0 Å². The lowest BCUT2D eigenvalue weighted by Crippen LogP contribution is -2.67. The topological polar surface area (TPSA) is 9.23 Å². The molecule has 0 aromatic heterocycles. The largest absolute Gasteiger partial charge is 0.434 e. The zero-order valence-electron chi connectivity index (χ0n) is 9.35. The van der Waals surface area contributed by atoms with Crippen LogP contribution in [0.4, 0.5) is 61.5 Å². The van der Waals surface area contributed by atoms with E-state index in [1.807, 2.05) is 0 Å². The molecular formula is C7H2F14O. The van der Waals surface area contributed by atoms with Crippen LogP contribution < -0.4 is 0 Å². The molecule has 134 valence electrons. The highest BCUT2D eigenvalue weighted by molar-refractivity contribution is 5.04. The van der Waals surface area contributed by atoms with Crippen LogP contribution in [-0.2, 0) is 4.74 Å². The van der Waals surface area contributed by atoms with Crippen molar-refractivity contribution >= 4 is 0 Å². The molecule has 0 heterocycles. The molecule has 0 aromatic rings. The average Bonchev–Trinajstić information content (AvgIpc) is 2.21. The van der Waals surface area contributed by atoms with Crippen molar-refractivity contribution < 1.29 is 66.2 Å². The summed E-state index contributed by atoms with van der Waals surface area (Å²) < 4.78 is 171. The summed E-state index contributed by atoms with van der Waals surface area (Å²) in [6.07, 6.45) is -39.6. The molecule has 0 N–H and O–H groups in total. The molecule has 0 saturated carbocycles. The summed E-state index contributed by atoms with van der Waals surface area (Å²) >= 11 is 0. The Bertz CT molecular complexity index is 382. The van der Waals surface area contributed by atoms with E-state index in [0.717, 1.165) is 0 Å². The fraction of sp³-hybridized carbons (Fsp3) is 1.00. The Morgan fingerprint density at radius 3 is 1.23 bits per heavy atom. The van der Waals surface area contributed by atoms with Crippen LogP contribution in [0.2, 0.25) is 0 Å². The molecule has 0 fully saturated rings. The van der Waals surface area contributed by atoms with Crippen LogP contribution in [0, 0.1) is 0 Å². The summed E-state index contributed by atoms with van der Waals surface area (Å²) in [5.74, 6) is 0. The number of hydrogen-bond donors (Lipinski definition) is 0. The zero-order valence-corrected chi connectivity index (χ0v) is 9.35. The van der Waals surface area contributed by atoms with Crippen molar-refractivity contribution in [3.8, 4) is 0 Å². The molecular weight excluding hydrogens is 366 g/mol. The third kappa shape index (κ3) is 3.65. The van der Waals surface area contributed by atoms with Gasteiger partial charge in [0.05, 0.1) is 0 Å². The maximum absolute atomic E-state index is 13.1. The summed E-state index contributed by atoms with van der Waals surface area (Å²) in [6.45, 7) is 0. The van der Waals surface area contributed by atoms with Crippen molar-refractivity contribution in [2.24, 2.45) is 0 Å². The monoisotopic (exact) mass is 368 g/mol. The first kappa shape index (κ1) is 21.0. The fourth-order valence-corrected chi connectivity index (χ4v) is 0.971. The van der Waals surface area contributed by atoms with Crippen molar-refractivity contribution in [2.45, 2.75) is 42.8 Å². The van der Waals surface area contributed by atoms with Gasteiger partial charge < -0.3 is 0 Å². The molecule has 0 saturated heterocycles. The summed E-state index contributed by atoms with van der Waals surface area (Å²) in [7, 11) is 0. The summed E-state index contributed by atoms with van der Waals surface area (Å²) in [5, 5.41) is 0. The molecule has 0 bridgehead atoms. The molecule has 0 aliphatic rings. The Labute approximate surface area is 110 Å². The Morgan fingerprint density at radius 1 is 0.636 bits per heavy atom. The number of hydrogen-bond acceptors (Lipinski definition) is 1. The SMILES string of the molecule is FC(F)C(F)(F)OC(F)(F)C(F)(C(F)C(F)(F)F)C(F)(F)F. The first-order valence-corrected chi connectivity index (χ1v) is 4.51. The predicted octanol–water partition coefficient (Wildman–Crippen LogP) is 4.62. The highest BCUT2D eigenvalue weighted by Crippen LogP contribution is 2.54. The molecule has 0 aliphatic carbocycles. The number of halogens is 14. The lowest BCUT2D eigenvalue weighted by atomic mass is 9.97. The smallest absolute Gasteiger partial charge is 0.248 e. The number of rotatable bonds is 5. The lowest BCUT2D eigenvalue weighted by Gasteiger charge is -2.37. The van der Waals surface area contributed by atoms with Gasteiger partial charge in [-0.05, 0) is 0 Å². The van der Waals surface area contributed by atoms with Crippen molar-refractivity contribution in [1.29, 1.82) is 0 Å². The van der Waals surface area contributed by atoms with E-state index in [0.29, 0.717) is 0 Å². The van der Waals surface area contributed by atoms with E-state index in [-0.39, 0.29) is 0 Å². The minimum atomic E-state index is -7.44. The van der Waals surface area contributed by atoms with Crippen molar-refractivity contribution in [1.82, 2.24) is 0 Å². The minimum Gasteiger partial charge on any atom is -0.248 e. The third-order valence-corrected chi connectivity index (χ3v) is 1.99. The molecule has 1 nitrogen and oxygen atoms in total. The normalized spacial score (nSPS) is 19.2. The van der Waals surface area contributed by atoms with Crippen LogP contribution in [0.1, 0.15) is 0 Å². The van der Waals surface area contributed by atoms with E-state index in [1.54, 1.807) is 4.74 Å². The maximum atomic E-state index is 13.1. The van der Waals surface area contributed by atoms with Crippen LogP contribution in [0.3, 0.4) is 0 Å². The van der Waals surface area contributed by atoms with Crippen LogP contribution in [0.15, 0.2) is 0 Å². The second kappa shape index (κ2) is 5.56. The number of ether oxygens (including phenoxy) is 1. The Balaban J connectivity index is 6.02. The molecule has 0 aliphatic heterocycles. The molecule has 0 aromatic carbocycles. The number of alkyl halides is 14. The predicted molar refractivity (Wildman–Crippen MR) is 37.8 cm³/mol. The van der Waals surface area contributed by atoms with Gasteiger partial charge in [0.1, 0.15) is 0 Å². The van der Waals surface area contributed by atoms with Gasteiger partial charge in [-0.1, -0.05) is 0 Å². The second-order valence-electron chi connectivity index (χ2n) is 3.60. The van der Waals surface area contributed by atoms with Gasteiger partial charge in [0.25, 0.3) is 0 Å². The van der Waals surface area contributed by atoms with E-state index in [2.05, 4.69) is 0 Å². The van der Waals surface area contributed by atoms with Gasteiger partial charge in [-0.15, -0.1) is 0 Å². The van der Waals surface area contributed by atoms with Crippen molar-refractivity contribution in [2.75, 3.05) is 0 Å². The van der Waals surface area contributed by atoms with E-state index in [9.17, 15) is 61.5 Å². The molecule has 0 rings (SSSR count). The van der Waals surface area contributed by atoms with Gasteiger partial charge >= 0.3 is 36.7 Å². The lowest BCUT2D eigenvalue weighted by molar-refractivity contribution is -0.475. The van der Waals surface area contributed by atoms with Crippen LogP contribution >= 0.6 is 0 Å².